The van der Waals surface area contributed by atoms with Crippen molar-refractivity contribution >= 4 is 45.8 Å². The molecule has 134 valence electrons. The number of urea groups is 1. The minimum Gasteiger partial charge on any atom is -0.396 e. The van der Waals surface area contributed by atoms with E-state index in [4.69, 9.17) is 23.2 Å². The molecule has 1 unspecified atom stereocenters. The van der Waals surface area contributed by atoms with Gasteiger partial charge in [-0.25, -0.2) is 4.79 Å². The third-order valence-electron chi connectivity index (χ3n) is 4.68. The first-order valence-electron chi connectivity index (χ1n) is 8.27. The van der Waals surface area contributed by atoms with E-state index in [-0.39, 0.29) is 18.6 Å². The number of amides is 2. The molecule has 1 aliphatic rings. The quantitative estimate of drug-likeness (QED) is 0.599. The molecule has 0 bridgehead atoms. The van der Waals surface area contributed by atoms with Gasteiger partial charge in [-0.3, -0.25) is 0 Å². The van der Waals surface area contributed by atoms with Crippen LogP contribution >= 0.6 is 23.2 Å². The maximum atomic E-state index is 12.7. The Morgan fingerprint density at radius 3 is 2.65 bits per heavy atom. The maximum Gasteiger partial charge on any atom is 0.322 e. The highest BCUT2D eigenvalue weighted by Gasteiger charge is 2.31. The molecule has 3 N–H and O–H groups in total. The Balaban J connectivity index is 1.62. The summed E-state index contributed by atoms with van der Waals surface area (Å²) in [5.74, 6) is -0.165. The number of rotatable bonds is 2. The van der Waals surface area contributed by atoms with Gasteiger partial charge >= 0.3 is 6.03 Å². The number of anilines is 1. The van der Waals surface area contributed by atoms with E-state index in [1.807, 2.05) is 18.2 Å². The van der Waals surface area contributed by atoms with E-state index < -0.39 is 0 Å². The monoisotopic (exact) mass is 389 g/mol. The molecule has 26 heavy (non-hydrogen) atoms. The predicted octanol–water partition coefficient (Wildman–Crippen LogP) is 4.60. The second-order valence-electron chi connectivity index (χ2n) is 6.40. The molecule has 1 aromatic heterocycles. The molecule has 0 radical (unpaired) electrons. The lowest BCUT2D eigenvalue weighted by atomic mass is 9.92. The van der Waals surface area contributed by atoms with Gasteiger partial charge in [0.05, 0.1) is 13.2 Å². The van der Waals surface area contributed by atoms with Crippen LogP contribution < -0.4 is 5.32 Å². The average Bonchev–Trinajstić information content (AvgIpc) is 3.00. The van der Waals surface area contributed by atoms with E-state index in [1.165, 1.54) is 0 Å². The zero-order chi connectivity index (χ0) is 18.3. The summed E-state index contributed by atoms with van der Waals surface area (Å²) in [7, 11) is 0. The Morgan fingerprint density at radius 1 is 1.19 bits per heavy atom. The van der Waals surface area contributed by atoms with Gasteiger partial charge in [-0.05, 0) is 48.0 Å². The minimum atomic E-state index is -0.215. The molecule has 1 aliphatic heterocycles. The first-order chi connectivity index (χ1) is 12.5. The summed E-state index contributed by atoms with van der Waals surface area (Å²) in [5.41, 5.74) is 3.60. The number of nitrogens with zero attached hydrogens (tertiary/aromatic N) is 1. The SMILES string of the molecule is O=C(Nc1ccc(Cl)cc1)N1Cc2[nH]c3ccc(Cl)cc3c2C(CO)C1. The van der Waals surface area contributed by atoms with Crippen molar-refractivity contribution in [2.24, 2.45) is 0 Å². The van der Waals surface area contributed by atoms with Crippen LogP contribution in [0.15, 0.2) is 42.5 Å². The summed E-state index contributed by atoms with van der Waals surface area (Å²) in [4.78, 5) is 17.7. The fraction of sp³-hybridized carbons (Fsp3) is 0.211. The minimum absolute atomic E-state index is 0.0445. The number of hydrogen-bond acceptors (Lipinski definition) is 2. The number of halogens is 2. The molecule has 1 atom stereocenters. The molecular weight excluding hydrogens is 373 g/mol. The summed E-state index contributed by atoms with van der Waals surface area (Å²) in [6, 6.07) is 12.4. The number of carbonyl (C=O) groups excluding carboxylic acids is 1. The summed E-state index contributed by atoms with van der Waals surface area (Å²) in [6.45, 7) is 0.830. The first-order valence-corrected chi connectivity index (χ1v) is 9.03. The van der Waals surface area contributed by atoms with Crippen molar-refractivity contribution in [3.05, 3.63) is 63.8 Å². The van der Waals surface area contributed by atoms with E-state index in [0.29, 0.717) is 28.8 Å². The fourth-order valence-corrected chi connectivity index (χ4v) is 3.78. The van der Waals surface area contributed by atoms with Crippen LogP contribution in [0.3, 0.4) is 0 Å². The number of aromatic nitrogens is 1. The highest BCUT2D eigenvalue weighted by Crippen LogP contribution is 2.35. The van der Waals surface area contributed by atoms with Crippen LogP contribution in [0.5, 0.6) is 0 Å². The second kappa shape index (κ2) is 6.83. The highest BCUT2D eigenvalue weighted by atomic mass is 35.5. The molecule has 2 amide bonds. The Labute approximate surface area is 160 Å². The lowest BCUT2D eigenvalue weighted by Crippen LogP contribution is -2.41. The number of nitrogens with one attached hydrogen (secondary N) is 2. The van der Waals surface area contributed by atoms with Gasteiger partial charge in [0.2, 0.25) is 0 Å². The van der Waals surface area contributed by atoms with Crippen LogP contribution in [-0.4, -0.2) is 34.2 Å². The van der Waals surface area contributed by atoms with Gasteiger partial charge in [-0.1, -0.05) is 23.2 Å². The van der Waals surface area contributed by atoms with Crippen LogP contribution in [-0.2, 0) is 6.54 Å². The third kappa shape index (κ3) is 3.14. The fourth-order valence-electron chi connectivity index (χ4n) is 3.48. The van der Waals surface area contributed by atoms with Gasteiger partial charge in [-0.15, -0.1) is 0 Å². The van der Waals surface area contributed by atoms with E-state index in [9.17, 15) is 9.90 Å². The van der Waals surface area contributed by atoms with Gasteiger partial charge < -0.3 is 20.3 Å². The zero-order valence-corrected chi connectivity index (χ0v) is 15.3. The van der Waals surface area contributed by atoms with Crippen LogP contribution in [0, 0.1) is 0 Å². The van der Waals surface area contributed by atoms with Crippen LogP contribution in [0.2, 0.25) is 10.0 Å². The van der Waals surface area contributed by atoms with Gasteiger partial charge in [0.1, 0.15) is 0 Å². The van der Waals surface area contributed by atoms with Crippen LogP contribution in [0.1, 0.15) is 17.2 Å². The molecule has 4 rings (SSSR count). The molecule has 7 heteroatoms. The lowest BCUT2D eigenvalue weighted by molar-refractivity contribution is 0.179. The van der Waals surface area contributed by atoms with Crippen molar-refractivity contribution < 1.29 is 9.90 Å². The highest BCUT2D eigenvalue weighted by molar-refractivity contribution is 6.31. The van der Waals surface area contributed by atoms with E-state index in [2.05, 4.69) is 10.3 Å². The smallest absolute Gasteiger partial charge is 0.322 e. The number of aliphatic hydroxyl groups excluding tert-OH is 1. The van der Waals surface area contributed by atoms with Crippen molar-refractivity contribution in [2.75, 3.05) is 18.5 Å². The number of aliphatic hydroxyl groups is 1. The molecule has 2 heterocycles. The van der Waals surface area contributed by atoms with E-state index >= 15 is 0 Å². The third-order valence-corrected chi connectivity index (χ3v) is 5.17. The molecule has 0 fully saturated rings. The molecule has 0 spiro atoms. The molecular formula is C19H17Cl2N3O2. The summed E-state index contributed by atoms with van der Waals surface area (Å²) in [5, 5.41) is 15.0. The summed E-state index contributed by atoms with van der Waals surface area (Å²) in [6.07, 6.45) is 0. The number of benzene rings is 2. The Kier molecular flexibility index (Phi) is 4.53. The summed E-state index contributed by atoms with van der Waals surface area (Å²) >= 11 is 12.0. The Bertz CT molecular complexity index is 969. The summed E-state index contributed by atoms with van der Waals surface area (Å²) < 4.78 is 0. The van der Waals surface area contributed by atoms with Crippen LogP contribution in [0.25, 0.3) is 10.9 Å². The topological polar surface area (TPSA) is 68.4 Å². The molecule has 5 nitrogen and oxygen atoms in total. The molecule has 3 aromatic rings. The first kappa shape index (κ1) is 17.2. The molecule has 0 saturated carbocycles. The average molecular weight is 390 g/mol. The van der Waals surface area contributed by atoms with Gasteiger partial charge in [0, 0.05) is 44.8 Å². The largest absolute Gasteiger partial charge is 0.396 e. The normalized spacial score (nSPS) is 16.6. The molecule has 0 aliphatic carbocycles. The standard InChI is InChI=1S/C19H17Cl2N3O2/c20-12-1-4-14(5-2-12)22-19(26)24-8-11(10-25)18-15-7-13(21)3-6-16(15)23-17(18)9-24/h1-7,11,23,25H,8-10H2,(H,22,26). The Morgan fingerprint density at radius 2 is 1.92 bits per heavy atom. The lowest BCUT2D eigenvalue weighted by Gasteiger charge is -2.32. The van der Waals surface area contributed by atoms with Crippen LogP contribution in [0.4, 0.5) is 10.5 Å². The zero-order valence-electron chi connectivity index (χ0n) is 13.8. The number of aromatic amines is 1. The number of hydrogen-bond donors (Lipinski definition) is 3. The van der Waals surface area contributed by atoms with Crippen molar-refractivity contribution in [1.82, 2.24) is 9.88 Å². The Hall–Kier alpha value is -2.21. The van der Waals surface area contributed by atoms with E-state index in [1.54, 1.807) is 29.2 Å². The van der Waals surface area contributed by atoms with Gasteiger partial charge in [0.15, 0.2) is 0 Å². The van der Waals surface area contributed by atoms with Gasteiger partial charge in [-0.2, -0.15) is 0 Å². The van der Waals surface area contributed by atoms with Gasteiger partial charge in [0.25, 0.3) is 0 Å². The number of fused-ring (bicyclic) bond motifs is 3. The van der Waals surface area contributed by atoms with E-state index in [0.717, 1.165) is 22.2 Å². The number of carbonyl (C=O) groups is 1. The van der Waals surface area contributed by atoms with Crippen molar-refractivity contribution in [1.29, 1.82) is 0 Å². The predicted molar refractivity (Wildman–Crippen MR) is 104 cm³/mol. The number of H-pyrrole nitrogens is 1. The second-order valence-corrected chi connectivity index (χ2v) is 7.28. The van der Waals surface area contributed by atoms with Crippen molar-refractivity contribution in [3.63, 3.8) is 0 Å². The molecule has 0 saturated heterocycles. The van der Waals surface area contributed by atoms with Crippen molar-refractivity contribution in [2.45, 2.75) is 12.5 Å². The van der Waals surface area contributed by atoms with Crippen molar-refractivity contribution in [3.8, 4) is 0 Å². The molecule has 2 aromatic carbocycles. The maximum absolute atomic E-state index is 12.7.